The van der Waals surface area contributed by atoms with E-state index in [-0.39, 0.29) is 9.79 Å². The van der Waals surface area contributed by atoms with Gasteiger partial charge in [-0.05, 0) is 79.7 Å². The molecule has 1 heterocycles. The molecule has 0 bridgehead atoms. The van der Waals surface area contributed by atoms with Crippen LogP contribution in [0.5, 0.6) is 5.75 Å². The Morgan fingerprint density at radius 1 is 0.900 bits per heavy atom. The summed E-state index contributed by atoms with van der Waals surface area (Å²) < 4.78 is 31.9. The third kappa shape index (κ3) is 4.04. The van der Waals surface area contributed by atoms with Crippen LogP contribution in [-0.2, 0) is 9.84 Å². The molecule has 1 aromatic heterocycles. The second-order valence-electron chi connectivity index (χ2n) is 6.80. The van der Waals surface area contributed by atoms with Crippen molar-refractivity contribution in [2.24, 2.45) is 0 Å². The molecule has 30 heavy (non-hydrogen) atoms. The molecule has 1 N–H and O–H groups in total. The van der Waals surface area contributed by atoms with Crippen LogP contribution in [0, 0.1) is 6.92 Å². The number of nitrogens with one attached hydrogen (secondary N) is 1. The number of methoxy groups -OCH3 is 1. The van der Waals surface area contributed by atoms with Gasteiger partial charge < -0.3 is 10.1 Å². The van der Waals surface area contributed by atoms with Crippen LogP contribution in [-0.4, -0.2) is 20.5 Å². The van der Waals surface area contributed by atoms with Crippen molar-refractivity contribution in [3.05, 3.63) is 83.0 Å². The van der Waals surface area contributed by atoms with Crippen molar-refractivity contribution in [1.82, 2.24) is 4.98 Å². The Labute approximate surface area is 183 Å². The lowest BCUT2D eigenvalue weighted by atomic mass is 10.1. The van der Waals surface area contributed by atoms with Crippen LogP contribution in [0.25, 0.3) is 10.9 Å². The van der Waals surface area contributed by atoms with E-state index in [2.05, 4.69) is 26.2 Å². The van der Waals surface area contributed by atoms with Gasteiger partial charge in [-0.25, -0.2) is 8.42 Å². The van der Waals surface area contributed by atoms with Gasteiger partial charge in [0.15, 0.2) is 0 Å². The lowest BCUT2D eigenvalue weighted by Gasteiger charge is -2.12. The van der Waals surface area contributed by atoms with Crippen molar-refractivity contribution in [1.29, 1.82) is 0 Å². The number of anilines is 2. The number of fused-ring (bicyclic) bond motifs is 1. The summed E-state index contributed by atoms with van der Waals surface area (Å²) in [5.41, 5.74) is 3.39. The molecule has 7 heteroatoms. The number of benzene rings is 3. The quantitative estimate of drug-likeness (QED) is 0.383. The fourth-order valence-electron chi connectivity index (χ4n) is 3.19. The van der Waals surface area contributed by atoms with Crippen molar-refractivity contribution >= 4 is 48.0 Å². The molecular weight excluding hydrogens is 464 g/mol. The van der Waals surface area contributed by atoms with Crippen LogP contribution in [0.1, 0.15) is 5.69 Å². The molecule has 0 aliphatic heterocycles. The highest BCUT2D eigenvalue weighted by Gasteiger charge is 2.17. The Morgan fingerprint density at radius 3 is 2.17 bits per heavy atom. The van der Waals surface area contributed by atoms with E-state index < -0.39 is 9.84 Å². The first-order valence-corrected chi connectivity index (χ1v) is 11.5. The lowest BCUT2D eigenvalue weighted by Crippen LogP contribution is -2.02. The third-order valence-corrected chi connectivity index (χ3v) is 7.03. The Hall–Kier alpha value is -2.90. The maximum atomic E-state index is 12.8. The number of rotatable bonds is 5. The number of pyridine rings is 1. The molecule has 152 valence electrons. The highest BCUT2D eigenvalue weighted by molar-refractivity contribution is 9.10. The van der Waals surface area contributed by atoms with Gasteiger partial charge in [-0.2, -0.15) is 0 Å². The second kappa shape index (κ2) is 8.08. The Balaban J connectivity index is 1.66. The monoisotopic (exact) mass is 482 g/mol. The van der Waals surface area contributed by atoms with Crippen LogP contribution in [0.3, 0.4) is 0 Å². The Morgan fingerprint density at radius 2 is 1.53 bits per heavy atom. The first-order chi connectivity index (χ1) is 14.4. The smallest absolute Gasteiger partial charge is 0.206 e. The Bertz CT molecular complexity index is 1320. The van der Waals surface area contributed by atoms with Crippen molar-refractivity contribution in [3.8, 4) is 5.75 Å². The lowest BCUT2D eigenvalue weighted by molar-refractivity contribution is 0.415. The first kappa shape index (κ1) is 20.4. The number of nitrogens with zero attached hydrogens (tertiary/aromatic N) is 1. The predicted octanol–water partition coefficient (Wildman–Crippen LogP) is 5.89. The van der Waals surface area contributed by atoms with Gasteiger partial charge >= 0.3 is 0 Å². The largest absolute Gasteiger partial charge is 0.497 e. The molecule has 0 unspecified atom stereocenters. The van der Waals surface area contributed by atoms with Gasteiger partial charge in [0.2, 0.25) is 9.84 Å². The highest BCUT2D eigenvalue weighted by atomic mass is 79.9. The molecule has 0 saturated carbocycles. The summed E-state index contributed by atoms with van der Waals surface area (Å²) in [5, 5.41) is 4.29. The van der Waals surface area contributed by atoms with Gasteiger partial charge in [0.05, 0.1) is 22.4 Å². The average Bonchev–Trinajstić information content (AvgIpc) is 2.74. The van der Waals surface area contributed by atoms with Gasteiger partial charge in [0, 0.05) is 26.9 Å². The molecule has 0 aliphatic rings. The number of halogens is 1. The molecule has 0 amide bonds. The zero-order chi connectivity index (χ0) is 21.3. The second-order valence-corrected chi connectivity index (χ2v) is 9.67. The zero-order valence-corrected chi connectivity index (χ0v) is 18.8. The average molecular weight is 483 g/mol. The molecule has 0 saturated heterocycles. The van der Waals surface area contributed by atoms with E-state index in [1.807, 2.05) is 31.2 Å². The van der Waals surface area contributed by atoms with E-state index in [0.29, 0.717) is 0 Å². The maximum absolute atomic E-state index is 12.8. The first-order valence-electron chi connectivity index (χ1n) is 9.20. The van der Waals surface area contributed by atoms with Gasteiger partial charge in [-0.15, -0.1) is 0 Å². The Kier molecular flexibility index (Phi) is 5.49. The van der Waals surface area contributed by atoms with E-state index in [1.54, 1.807) is 55.6 Å². The van der Waals surface area contributed by atoms with Crippen LogP contribution < -0.4 is 10.1 Å². The third-order valence-electron chi connectivity index (χ3n) is 4.71. The SMILES string of the molecule is COc1ccc2nc(C)cc(Nc3ccc(S(=O)(=O)c4ccc(Br)cc4)cc3)c2c1. The van der Waals surface area contributed by atoms with E-state index in [0.717, 1.165) is 38.2 Å². The molecule has 0 atom stereocenters. The predicted molar refractivity (Wildman–Crippen MR) is 122 cm³/mol. The number of hydrogen-bond acceptors (Lipinski definition) is 5. The number of hydrogen-bond donors (Lipinski definition) is 1. The van der Waals surface area contributed by atoms with Gasteiger partial charge in [0.25, 0.3) is 0 Å². The normalized spacial score (nSPS) is 11.4. The number of aryl methyl sites for hydroxylation is 1. The van der Waals surface area contributed by atoms with E-state index in [1.165, 1.54) is 0 Å². The fourth-order valence-corrected chi connectivity index (χ4v) is 4.72. The summed E-state index contributed by atoms with van der Waals surface area (Å²) >= 11 is 3.33. The van der Waals surface area contributed by atoms with Crippen molar-refractivity contribution in [2.75, 3.05) is 12.4 Å². The van der Waals surface area contributed by atoms with Gasteiger partial charge in [0.1, 0.15) is 5.75 Å². The number of ether oxygens (including phenoxy) is 1. The van der Waals surface area contributed by atoms with Crippen LogP contribution in [0.2, 0.25) is 0 Å². The van der Waals surface area contributed by atoms with Gasteiger partial charge in [-0.1, -0.05) is 15.9 Å². The standard InChI is InChI=1S/C23H19BrN2O3S/c1-15-13-23(21-14-18(29-2)7-12-22(21)25-15)26-17-5-10-20(11-6-17)30(27,28)19-8-3-16(24)4-9-19/h3-14H,1-2H3,(H,25,26). The van der Waals surface area contributed by atoms with E-state index in [4.69, 9.17) is 4.74 Å². The van der Waals surface area contributed by atoms with E-state index >= 15 is 0 Å². The minimum atomic E-state index is -3.57. The summed E-state index contributed by atoms with van der Waals surface area (Å²) in [6, 6.07) is 21.0. The topological polar surface area (TPSA) is 68.3 Å². The number of sulfone groups is 1. The minimum Gasteiger partial charge on any atom is -0.497 e. The summed E-state index contributed by atoms with van der Waals surface area (Å²) in [4.78, 5) is 5.06. The molecule has 0 fully saturated rings. The summed E-state index contributed by atoms with van der Waals surface area (Å²) in [6.07, 6.45) is 0. The number of aromatic nitrogens is 1. The zero-order valence-electron chi connectivity index (χ0n) is 16.4. The highest BCUT2D eigenvalue weighted by Crippen LogP contribution is 2.30. The molecule has 3 aromatic carbocycles. The molecule has 5 nitrogen and oxygen atoms in total. The maximum Gasteiger partial charge on any atom is 0.206 e. The molecule has 4 aromatic rings. The summed E-state index contributed by atoms with van der Waals surface area (Å²) in [7, 11) is -1.95. The van der Waals surface area contributed by atoms with Crippen LogP contribution in [0.15, 0.2) is 87.1 Å². The minimum absolute atomic E-state index is 0.243. The van der Waals surface area contributed by atoms with E-state index in [9.17, 15) is 8.42 Å². The fraction of sp³-hybridized carbons (Fsp3) is 0.0870. The molecule has 0 radical (unpaired) electrons. The van der Waals surface area contributed by atoms with Crippen molar-refractivity contribution in [3.63, 3.8) is 0 Å². The molecule has 0 aliphatic carbocycles. The molecular formula is C23H19BrN2O3S. The summed E-state index contributed by atoms with van der Waals surface area (Å²) in [6.45, 7) is 1.93. The van der Waals surface area contributed by atoms with Gasteiger partial charge in [-0.3, -0.25) is 4.98 Å². The summed E-state index contributed by atoms with van der Waals surface area (Å²) in [5.74, 6) is 0.743. The van der Waals surface area contributed by atoms with Crippen LogP contribution >= 0.6 is 15.9 Å². The molecule has 0 spiro atoms. The van der Waals surface area contributed by atoms with Crippen LogP contribution in [0.4, 0.5) is 11.4 Å². The van der Waals surface area contributed by atoms with Crippen molar-refractivity contribution < 1.29 is 13.2 Å². The van der Waals surface area contributed by atoms with Crippen molar-refractivity contribution in [2.45, 2.75) is 16.7 Å². The molecule has 4 rings (SSSR count).